The molecule has 2 aliphatic rings. The van der Waals surface area contributed by atoms with Gasteiger partial charge in [-0.1, -0.05) is 22.9 Å². The molecule has 2 aromatic heterocycles. The van der Waals surface area contributed by atoms with Crippen LogP contribution < -0.4 is 0 Å². The van der Waals surface area contributed by atoms with Crippen LogP contribution in [0.5, 0.6) is 0 Å². The standard InChI is InChI=1S/C20H20N5O3/c1-12-14-7-9-24(19(14)22-11-21-12)20-17(27)16(26)18(28-20)15-8-10-25(23-15)13-5-3-2-4-6-13/h2-7,9-11,16-18,20,26-27H,8H2,1H3/q+1. The number of rotatable bonds is 3. The lowest BCUT2D eigenvalue weighted by Crippen LogP contribution is -2.35. The summed E-state index contributed by atoms with van der Waals surface area (Å²) < 4.78 is 9.58. The van der Waals surface area contributed by atoms with E-state index in [9.17, 15) is 10.2 Å². The van der Waals surface area contributed by atoms with Crippen molar-refractivity contribution in [2.45, 2.75) is 37.9 Å². The Labute approximate surface area is 161 Å². The number of fused-ring (bicyclic) bond motifs is 1. The van der Waals surface area contributed by atoms with E-state index >= 15 is 0 Å². The maximum atomic E-state index is 10.7. The fraction of sp³-hybridized carbons (Fsp3) is 0.300. The van der Waals surface area contributed by atoms with E-state index in [1.807, 2.05) is 49.5 Å². The highest BCUT2D eigenvalue weighted by atomic mass is 16.6. The number of hydrogen-bond acceptors (Lipinski definition) is 6. The second-order valence-electron chi connectivity index (χ2n) is 7.01. The molecule has 8 heteroatoms. The fourth-order valence-electron chi connectivity index (χ4n) is 3.78. The maximum Gasteiger partial charge on any atom is 0.237 e. The largest absolute Gasteiger partial charge is 0.387 e. The quantitative estimate of drug-likeness (QED) is 0.674. The molecular formula is C20H20N5O3+. The lowest BCUT2D eigenvalue weighted by atomic mass is 10.0. The van der Waals surface area contributed by atoms with Crippen LogP contribution in [0.25, 0.3) is 11.0 Å². The van der Waals surface area contributed by atoms with E-state index in [0.717, 1.165) is 16.8 Å². The Balaban J connectivity index is 1.44. The summed E-state index contributed by atoms with van der Waals surface area (Å²) in [6.07, 6.45) is 2.15. The first-order valence-corrected chi connectivity index (χ1v) is 9.18. The number of para-hydroxylation sites is 1. The minimum absolute atomic E-state index is 0.545. The molecule has 142 valence electrons. The molecule has 3 aromatic rings. The summed E-state index contributed by atoms with van der Waals surface area (Å²) in [5.41, 5.74) is 3.13. The third-order valence-corrected chi connectivity index (χ3v) is 5.28. The van der Waals surface area contributed by atoms with Gasteiger partial charge in [0.25, 0.3) is 0 Å². The number of ether oxygens (including phenoxy) is 1. The van der Waals surface area contributed by atoms with Gasteiger partial charge in [-0.2, -0.15) is 0 Å². The molecular weight excluding hydrogens is 358 g/mol. The van der Waals surface area contributed by atoms with E-state index < -0.39 is 24.5 Å². The molecule has 8 nitrogen and oxygen atoms in total. The molecule has 1 aromatic carbocycles. The van der Waals surface area contributed by atoms with E-state index in [1.165, 1.54) is 6.33 Å². The van der Waals surface area contributed by atoms with Crippen LogP contribution in [-0.4, -0.2) is 59.7 Å². The van der Waals surface area contributed by atoms with Crippen molar-refractivity contribution in [1.29, 1.82) is 0 Å². The number of aliphatic hydroxyl groups is 2. The van der Waals surface area contributed by atoms with E-state index in [-0.39, 0.29) is 0 Å². The van der Waals surface area contributed by atoms with Gasteiger partial charge < -0.3 is 19.5 Å². The molecule has 2 aliphatic heterocycles. The van der Waals surface area contributed by atoms with Crippen molar-refractivity contribution in [2.75, 3.05) is 0 Å². The Hall–Kier alpha value is -2.94. The molecule has 0 spiro atoms. The third kappa shape index (κ3) is 2.65. The molecule has 2 N–H and O–H groups in total. The zero-order valence-corrected chi connectivity index (χ0v) is 15.3. The van der Waals surface area contributed by atoms with E-state index in [0.29, 0.717) is 17.8 Å². The number of benzene rings is 1. The Kier molecular flexibility index (Phi) is 4.04. The van der Waals surface area contributed by atoms with Crippen LogP contribution >= 0.6 is 0 Å². The van der Waals surface area contributed by atoms with Crippen LogP contribution in [-0.2, 0) is 4.74 Å². The molecule has 4 heterocycles. The first kappa shape index (κ1) is 17.2. The van der Waals surface area contributed by atoms with E-state index in [1.54, 1.807) is 15.4 Å². The van der Waals surface area contributed by atoms with Crippen molar-refractivity contribution in [1.82, 2.24) is 14.5 Å². The summed E-state index contributed by atoms with van der Waals surface area (Å²) in [6, 6.07) is 11.6. The first-order chi connectivity index (χ1) is 13.6. The minimum atomic E-state index is -1.09. The molecule has 5 rings (SSSR count). The Bertz CT molecular complexity index is 1090. The van der Waals surface area contributed by atoms with Crippen LogP contribution in [0.15, 0.2) is 54.0 Å². The average molecular weight is 378 g/mol. The molecule has 1 saturated heterocycles. The Morgan fingerprint density at radius 2 is 1.93 bits per heavy atom. The van der Waals surface area contributed by atoms with Crippen molar-refractivity contribution >= 4 is 28.6 Å². The summed E-state index contributed by atoms with van der Waals surface area (Å²) in [7, 11) is 0. The summed E-state index contributed by atoms with van der Waals surface area (Å²) >= 11 is 0. The topological polar surface area (TPSA) is 95.8 Å². The minimum Gasteiger partial charge on any atom is -0.387 e. The van der Waals surface area contributed by atoms with Crippen LogP contribution in [0.3, 0.4) is 0 Å². The second-order valence-corrected chi connectivity index (χ2v) is 7.01. The lowest BCUT2D eigenvalue weighted by Gasteiger charge is -2.17. The molecule has 28 heavy (non-hydrogen) atoms. The Morgan fingerprint density at radius 3 is 2.75 bits per heavy atom. The monoisotopic (exact) mass is 378 g/mol. The molecule has 4 atom stereocenters. The van der Waals surface area contributed by atoms with Crippen molar-refractivity contribution < 1.29 is 19.6 Å². The number of hydrogen-bond donors (Lipinski definition) is 2. The highest BCUT2D eigenvalue weighted by molar-refractivity contribution is 5.99. The average Bonchev–Trinajstić information content (AvgIpc) is 3.42. The van der Waals surface area contributed by atoms with Gasteiger partial charge in [-0.3, -0.25) is 0 Å². The molecule has 0 amide bonds. The fourth-order valence-corrected chi connectivity index (χ4v) is 3.78. The van der Waals surface area contributed by atoms with Gasteiger partial charge in [0.1, 0.15) is 36.0 Å². The summed E-state index contributed by atoms with van der Waals surface area (Å²) in [5, 5.41) is 26.8. The van der Waals surface area contributed by atoms with Crippen molar-refractivity contribution in [3.8, 4) is 0 Å². The number of nitrogens with zero attached hydrogens (tertiary/aromatic N) is 5. The number of aromatic nitrogens is 3. The number of aliphatic hydroxyl groups excluding tert-OH is 2. The van der Waals surface area contributed by atoms with Crippen LogP contribution in [0, 0.1) is 6.92 Å². The van der Waals surface area contributed by atoms with Gasteiger partial charge in [0, 0.05) is 23.7 Å². The van der Waals surface area contributed by atoms with Crippen LogP contribution in [0.2, 0.25) is 0 Å². The van der Waals surface area contributed by atoms with Gasteiger partial charge in [-0.05, 0) is 18.1 Å². The molecule has 0 saturated carbocycles. The maximum absolute atomic E-state index is 10.7. The number of hydrazone groups is 1. The molecule has 0 aliphatic carbocycles. The van der Waals surface area contributed by atoms with Crippen molar-refractivity contribution in [3.63, 3.8) is 0 Å². The zero-order chi connectivity index (χ0) is 19.3. The summed E-state index contributed by atoms with van der Waals surface area (Å²) in [6.45, 7) is 1.90. The number of aryl methyl sites for hydroxylation is 1. The second kappa shape index (κ2) is 6.59. The third-order valence-electron chi connectivity index (χ3n) is 5.28. The highest BCUT2D eigenvalue weighted by Crippen LogP contribution is 2.34. The Morgan fingerprint density at radius 1 is 1.11 bits per heavy atom. The van der Waals surface area contributed by atoms with Gasteiger partial charge in [0.05, 0.1) is 12.1 Å². The smallest absolute Gasteiger partial charge is 0.237 e. The summed E-state index contributed by atoms with van der Waals surface area (Å²) in [4.78, 5) is 8.51. The van der Waals surface area contributed by atoms with Gasteiger partial charge in [0.15, 0.2) is 12.4 Å². The zero-order valence-electron chi connectivity index (χ0n) is 15.3. The lowest BCUT2D eigenvalue weighted by molar-refractivity contribution is -0.437. The molecule has 0 bridgehead atoms. The molecule has 4 unspecified atom stereocenters. The SMILES string of the molecule is Cc1ncnc2c1ccn2C1OC(C2=N[N+](c3ccccc3)=CC2)C(O)C1O. The summed E-state index contributed by atoms with van der Waals surface area (Å²) in [5.74, 6) is 0. The van der Waals surface area contributed by atoms with Gasteiger partial charge >= 0.3 is 0 Å². The van der Waals surface area contributed by atoms with E-state index in [4.69, 9.17) is 4.74 Å². The van der Waals surface area contributed by atoms with Gasteiger partial charge in [-0.15, -0.1) is 0 Å². The predicted octanol–water partition coefficient (Wildman–Crippen LogP) is 1.53. The first-order valence-electron chi connectivity index (χ1n) is 9.18. The molecule has 0 radical (unpaired) electrons. The van der Waals surface area contributed by atoms with Crippen molar-refractivity contribution in [3.05, 3.63) is 54.6 Å². The molecule has 1 fully saturated rings. The van der Waals surface area contributed by atoms with Gasteiger partial charge in [0.2, 0.25) is 5.69 Å². The van der Waals surface area contributed by atoms with E-state index in [2.05, 4.69) is 15.1 Å². The predicted molar refractivity (Wildman–Crippen MR) is 103 cm³/mol. The highest BCUT2D eigenvalue weighted by Gasteiger charge is 2.48. The van der Waals surface area contributed by atoms with Gasteiger partial charge in [-0.25, -0.2) is 9.97 Å². The van der Waals surface area contributed by atoms with Crippen LogP contribution in [0.1, 0.15) is 18.3 Å². The normalized spacial score (nSPS) is 27.2. The van der Waals surface area contributed by atoms with Crippen molar-refractivity contribution in [2.24, 2.45) is 5.10 Å². The van der Waals surface area contributed by atoms with Crippen LogP contribution in [0.4, 0.5) is 5.69 Å².